The van der Waals surface area contributed by atoms with E-state index in [4.69, 9.17) is 14.7 Å². The van der Waals surface area contributed by atoms with Gasteiger partial charge in [-0.05, 0) is 41.4 Å². The van der Waals surface area contributed by atoms with Crippen molar-refractivity contribution in [1.82, 2.24) is 0 Å². The molecule has 0 fully saturated rings. The van der Waals surface area contributed by atoms with Crippen molar-refractivity contribution in [1.29, 1.82) is 0 Å². The highest BCUT2D eigenvalue weighted by atomic mass is 28.4. The van der Waals surface area contributed by atoms with Gasteiger partial charge in [-0.2, -0.15) is 0 Å². The number of aliphatic hydroxyl groups is 1. The summed E-state index contributed by atoms with van der Waals surface area (Å²) in [7, 11) is -0.382. The minimum atomic E-state index is -1.97. The quantitative estimate of drug-likeness (QED) is 0.345. The molecule has 0 amide bonds. The van der Waals surface area contributed by atoms with E-state index in [1.54, 1.807) is 31.4 Å². The van der Waals surface area contributed by atoms with E-state index in [9.17, 15) is 5.11 Å². The summed E-state index contributed by atoms with van der Waals surface area (Å²) in [5.41, 5.74) is 9.53. The molecule has 7 heteroatoms. The van der Waals surface area contributed by atoms with Crippen LogP contribution in [0.3, 0.4) is 0 Å². The summed E-state index contributed by atoms with van der Waals surface area (Å²) >= 11 is 0. The molecule has 0 unspecified atom stereocenters. The number of nitrogens with zero attached hydrogens (tertiary/aromatic N) is 3. The van der Waals surface area contributed by atoms with Crippen LogP contribution in [0.2, 0.25) is 18.1 Å². The average molecular weight is 337 g/mol. The fourth-order valence-corrected chi connectivity index (χ4v) is 2.84. The van der Waals surface area contributed by atoms with E-state index >= 15 is 0 Å². The molecule has 6 nitrogen and oxygen atoms in total. The second-order valence-corrected chi connectivity index (χ2v) is 11.9. The van der Waals surface area contributed by atoms with Crippen molar-refractivity contribution in [2.75, 3.05) is 13.7 Å². The number of azide groups is 1. The standard InChI is InChI=1S/C16H27N3O3Si/c1-16(2,3)23(5,6)22-11-14(20)15(18-19-17)12-7-9-13(21-4)10-8-12/h7-10,14-15,20H,11H2,1-6H3/t14-,15+/m0/s1. The van der Waals surface area contributed by atoms with Gasteiger partial charge in [0.15, 0.2) is 8.32 Å². The van der Waals surface area contributed by atoms with Crippen LogP contribution in [0, 0.1) is 0 Å². The Morgan fingerprint density at radius 2 is 1.83 bits per heavy atom. The molecule has 0 aliphatic rings. The molecule has 1 N–H and O–H groups in total. The highest BCUT2D eigenvalue weighted by molar-refractivity contribution is 6.74. The van der Waals surface area contributed by atoms with Gasteiger partial charge in [0.25, 0.3) is 0 Å². The first-order chi connectivity index (χ1) is 10.6. The Balaban J connectivity index is 2.86. The van der Waals surface area contributed by atoms with Crippen LogP contribution in [0.15, 0.2) is 29.4 Å². The normalized spacial score (nSPS) is 14.7. The van der Waals surface area contributed by atoms with E-state index in [2.05, 4.69) is 43.9 Å². The van der Waals surface area contributed by atoms with E-state index in [1.165, 1.54) is 0 Å². The third kappa shape index (κ3) is 5.25. The molecule has 0 bridgehead atoms. The van der Waals surface area contributed by atoms with Crippen molar-refractivity contribution in [3.63, 3.8) is 0 Å². The Bertz CT molecular complexity index is 549. The van der Waals surface area contributed by atoms with Crippen LogP contribution in [0.25, 0.3) is 10.4 Å². The number of benzene rings is 1. The molecule has 1 rings (SSSR count). The van der Waals surface area contributed by atoms with Gasteiger partial charge < -0.3 is 14.3 Å². The van der Waals surface area contributed by atoms with Gasteiger partial charge in [0.1, 0.15) is 5.75 Å². The van der Waals surface area contributed by atoms with Gasteiger partial charge in [0.2, 0.25) is 0 Å². The summed E-state index contributed by atoms with van der Waals surface area (Å²) < 4.78 is 11.1. The Morgan fingerprint density at radius 1 is 1.26 bits per heavy atom. The molecule has 0 spiro atoms. The molecule has 0 aliphatic heterocycles. The van der Waals surface area contributed by atoms with Crippen LogP contribution < -0.4 is 4.74 Å². The molecule has 1 aromatic rings. The van der Waals surface area contributed by atoms with Crippen molar-refractivity contribution in [3.05, 3.63) is 40.3 Å². The van der Waals surface area contributed by atoms with E-state index in [-0.39, 0.29) is 11.6 Å². The summed E-state index contributed by atoms with van der Waals surface area (Å²) in [6.45, 7) is 10.8. The highest BCUT2D eigenvalue weighted by Crippen LogP contribution is 2.37. The molecule has 0 aromatic heterocycles. The fraction of sp³-hybridized carbons (Fsp3) is 0.625. The molecule has 1 aromatic carbocycles. The van der Waals surface area contributed by atoms with E-state index in [0.717, 1.165) is 5.56 Å². The lowest BCUT2D eigenvalue weighted by atomic mass is 10.0. The number of methoxy groups -OCH3 is 1. The first kappa shape index (κ1) is 19.5. The zero-order valence-electron chi connectivity index (χ0n) is 14.8. The van der Waals surface area contributed by atoms with Gasteiger partial charge in [-0.25, -0.2) is 0 Å². The summed E-state index contributed by atoms with van der Waals surface area (Å²) in [6, 6.07) is 6.44. The van der Waals surface area contributed by atoms with Crippen LogP contribution in [0.1, 0.15) is 32.4 Å². The zero-order chi connectivity index (χ0) is 17.7. The summed E-state index contributed by atoms with van der Waals surface area (Å²) in [4.78, 5) is 2.86. The van der Waals surface area contributed by atoms with Gasteiger partial charge in [-0.1, -0.05) is 38.0 Å². The molecule has 0 saturated carbocycles. The fourth-order valence-electron chi connectivity index (χ4n) is 1.82. The third-order valence-corrected chi connectivity index (χ3v) is 8.92. The third-order valence-electron chi connectivity index (χ3n) is 4.42. The van der Waals surface area contributed by atoms with E-state index < -0.39 is 20.5 Å². The molecule has 0 aliphatic carbocycles. The second-order valence-electron chi connectivity index (χ2n) is 7.06. The van der Waals surface area contributed by atoms with Gasteiger partial charge in [-0.3, -0.25) is 0 Å². The highest BCUT2D eigenvalue weighted by Gasteiger charge is 2.38. The van der Waals surface area contributed by atoms with Gasteiger partial charge in [0, 0.05) is 4.91 Å². The van der Waals surface area contributed by atoms with Crippen LogP contribution in [-0.2, 0) is 4.43 Å². The maximum atomic E-state index is 10.5. The lowest BCUT2D eigenvalue weighted by Gasteiger charge is -2.37. The van der Waals surface area contributed by atoms with Crippen LogP contribution in [-0.4, -0.2) is 33.2 Å². The lowest BCUT2D eigenvalue weighted by Crippen LogP contribution is -2.43. The first-order valence-corrected chi connectivity index (χ1v) is 10.5. The minimum Gasteiger partial charge on any atom is -0.497 e. The van der Waals surface area contributed by atoms with Crippen LogP contribution in [0.5, 0.6) is 5.75 Å². The van der Waals surface area contributed by atoms with Gasteiger partial charge >= 0.3 is 0 Å². The molecule has 0 heterocycles. The van der Waals surface area contributed by atoms with E-state index in [0.29, 0.717) is 5.75 Å². The largest absolute Gasteiger partial charge is 0.497 e. The number of hydrogen-bond donors (Lipinski definition) is 1. The predicted octanol–water partition coefficient (Wildman–Crippen LogP) is 4.43. The molecule has 2 atom stereocenters. The van der Waals surface area contributed by atoms with Crippen LogP contribution >= 0.6 is 0 Å². The molecule has 0 saturated heterocycles. The molecular weight excluding hydrogens is 310 g/mol. The van der Waals surface area contributed by atoms with E-state index in [1.807, 2.05) is 0 Å². The SMILES string of the molecule is COc1ccc([C@@H](N=[N+]=[N-])[C@@H](O)CO[Si](C)(C)C(C)(C)C)cc1. The number of aliphatic hydroxyl groups excluding tert-OH is 1. The summed E-state index contributed by atoms with van der Waals surface area (Å²) in [5, 5.41) is 14.2. The number of ether oxygens (including phenoxy) is 1. The van der Waals surface area contributed by atoms with Crippen molar-refractivity contribution < 1.29 is 14.3 Å². The summed E-state index contributed by atoms with van der Waals surface area (Å²) in [6.07, 6.45) is -0.895. The molecule has 128 valence electrons. The Kier molecular flexibility index (Phi) is 6.65. The maximum Gasteiger partial charge on any atom is 0.192 e. The molecule has 23 heavy (non-hydrogen) atoms. The van der Waals surface area contributed by atoms with Gasteiger partial charge in [0.05, 0.1) is 25.9 Å². The van der Waals surface area contributed by atoms with Crippen molar-refractivity contribution >= 4 is 8.32 Å². The Morgan fingerprint density at radius 3 is 2.26 bits per heavy atom. The van der Waals surface area contributed by atoms with Crippen molar-refractivity contribution in [2.45, 2.75) is 51.0 Å². The van der Waals surface area contributed by atoms with Crippen molar-refractivity contribution in [2.24, 2.45) is 5.11 Å². The maximum absolute atomic E-state index is 10.5. The monoisotopic (exact) mass is 337 g/mol. The summed E-state index contributed by atoms with van der Waals surface area (Å²) in [5.74, 6) is 0.709. The number of rotatable bonds is 7. The second kappa shape index (κ2) is 7.83. The lowest BCUT2D eigenvalue weighted by molar-refractivity contribution is 0.0787. The molecule has 0 radical (unpaired) electrons. The van der Waals surface area contributed by atoms with Crippen molar-refractivity contribution in [3.8, 4) is 5.75 Å². The Labute approximate surface area is 139 Å². The first-order valence-electron chi connectivity index (χ1n) is 7.62. The smallest absolute Gasteiger partial charge is 0.192 e. The predicted molar refractivity (Wildman–Crippen MR) is 94.0 cm³/mol. The molecular formula is C16H27N3O3Si. The zero-order valence-corrected chi connectivity index (χ0v) is 15.8. The average Bonchev–Trinajstić information content (AvgIpc) is 2.49. The number of hydrogen-bond acceptors (Lipinski definition) is 4. The topological polar surface area (TPSA) is 87.5 Å². The van der Waals surface area contributed by atoms with Gasteiger partial charge in [-0.15, -0.1) is 0 Å². The minimum absolute atomic E-state index is 0.0564. The Hall–Kier alpha value is -1.53. The van der Waals surface area contributed by atoms with Crippen LogP contribution in [0.4, 0.5) is 0 Å².